The van der Waals surface area contributed by atoms with E-state index in [1.54, 1.807) is 13.2 Å². The van der Waals surface area contributed by atoms with E-state index in [1.165, 1.54) is 4.90 Å². The standard InChI is InChI=1S/C14H18N2O3/c1-3-7-16-13(17)9-12(14(16)18)15-10-5-4-6-11(8-10)19-2/h4-6,8,12,15H,3,7,9H2,1-2H3. The lowest BCUT2D eigenvalue weighted by Gasteiger charge is -2.15. The van der Waals surface area contributed by atoms with Crippen LogP contribution in [0.2, 0.25) is 0 Å². The highest BCUT2D eigenvalue weighted by Crippen LogP contribution is 2.21. The number of carbonyl (C=O) groups excluding carboxylic acids is 2. The van der Waals surface area contributed by atoms with E-state index >= 15 is 0 Å². The summed E-state index contributed by atoms with van der Waals surface area (Å²) in [7, 11) is 1.59. The van der Waals surface area contributed by atoms with Crippen LogP contribution < -0.4 is 10.1 Å². The molecule has 1 aromatic carbocycles. The zero-order valence-electron chi connectivity index (χ0n) is 11.2. The third kappa shape index (κ3) is 2.86. The molecule has 1 atom stereocenters. The lowest BCUT2D eigenvalue weighted by Crippen LogP contribution is -2.35. The van der Waals surface area contributed by atoms with Gasteiger partial charge in [0.2, 0.25) is 5.91 Å². The lowest BCUT2D eigenvalue weighted by atomic mass is 10.2. The molecule has 1 heterocycles. The van der Waals surface area contributed by atoms with Crippen LogP contribution in [0.5, 0.6) is 5.75 Å². The predicted octanol–water partition coefficient (Wildman–Crippen LogP) is 1.64. The molecular formula is C14H18N2O3. The maximum atomic E-state index is 12.1. The summed E-state index contributed by atoms with van der Waals surface area (Å²) >= 11 is 0. The van der Waals surface area contributed by atoms with E-state index in [0.29, 0.717) is 12.3 Å². The van der Waals surface area contributed by atoms with Crippen molar-refractivity contribution in [1.29, 1.82) is 0 Å². The number of methoxy groups -OCH3 is 1. The van der Waals surface area contributed by atoms with Crippen LogP contribution in [0.4, 0.5) is 5.69 Å². The number of imide groups is 1. The Kier molecular flexibility index (Phi) is 4.04. The average Bonchev–Trinajstić information content (AvgIpc) is 2.67. The van der Waals surface area contributed by atoms with Crippen molar-refractivity contribution >= 4 is 17.5 Å². The molecule has 0 aromatic heterocycles. The predicted molar refractivity (Wildman–Crippen MR) is 72.0 cm³/mol. The van der Waals surface area contributed by atoms with Gasteiger partial charge in [-0.05, 0) is 18.6 Å². The van der Waals surface area contributed by atoms with Crippen LogP contribution in [0, 0.1) is 0 Å². The molecule has 0 spiro atoms. The summed E-state index contributed by atoms with van der Waals surface area (Å²) in [5, 5.41) is 3.09. The number of likely N-dealkylation sites (tertiary alicyclic amines) is 1. The molecular weight excluding hydrogens is 244 g/mol. The number of hydrogen-bond donors (Lipinski definition) is 1. The van der Waals surface area contributed by atoms with Crippen LogP contribution in [-0.4, -0.2) is 36.4 Å². The van der Waals surface area contributed by atoms with E-state index in [0.717, 1.165) is 12.1 Å². The molecule has 1 aromatic rings. The number of carbonyl (C=O) groups is 2. The average molecular weight is 262 g/mol. The van der Waals surface area contributed by atoms with Gasteiger partial charge in [0.05, 0.1) is 13.5 Å². The Morgan fingerprint density at radius 1 is 1.42 bits per heavy atom. The molecule has 2 amide bonds. The molecule has 1 aliphatic heterocycles. The summed E-state index contributed by atoms with van der Waals surface area (Å²) in [6.45, 7) is 2.44. The second-order valence-electron chi connectivity index (χ2n) is 4.52. The fourth-order valence-corrected chi connectivity index (χ4v) is 2.17. The molecule has 0 saturated carbocycles. The number of hydrogen-bond acceptors (Lipinski definition) is 4. The number of ether oxygens (including phenoxy) is 1. The van der Waals surface area contributed by atoms with Gasteiger partial charge in [0, 0.05) is 18.3 Å². The Morgan fingerprint density at radius 3 is 2.89 bits per heavy atom. The summed E-state index contributed by atoms with van der Waals surface area (Å²) < 4.78 is 5.12. The molecule has 5 heteroatoms. The monoisotopic (exact) mass is 262 g/mol. The number of rotatable bonds is 5. The zero-order chi connectivity index (χ0) is 13.8. The van der Waals surface area contributed by atoms with Crippen LogP contribution in [-0.2, 0) is 9.59 Å². The van der Waals surface area contributed by atoms with Crippen LogP contribution >= 0.6 is 0 Å². The van der Waals surface area contributed by atoms with E-state index in [9.17, 15) is 9.59 Å². The summed E-state index contributed by atoms with van der Waals surface area (Å²) in [5.41, 5.74) is 0.781. The van der Waals surface area contributed by atoms with Gasteiger partial charge in [-0.2, -0.15) is 0 Å². The summed E-state index contributed by atoms with van der Waals surface area (Å²) in [5.74, 6) is 0.467. The Bertz CT molecular complexity index is 487. The van der Waals surface area contributed by atoms with Crippen molar-refractivity contribution < 1.29 is 14.3 Å². The molecule has 1 saturated heterocycles. The van der Waals surface area contributed by atoms with Gasteiger partial charge in [-0.1, -0.05) is 13.0 Å². The topological polar surface area (TPSA) is 58.6 Å². The fraction of sp³-hybridized carbons (Fsp3) is 0.429. The van der Waals surface area contributed by atoms with Gasteiger partial charge < -0.3 is 10.1 Å². The van der Waals surface area contributed by atoms with Crippen LogP contribution in [0.25, 0.3) is 0 Å². The van der Waals surface area contributed by atoms with Crippen molar-refractivity contribution in [1.82, 2.24) is 4.90 Å². The number of anilines is 1. The first-order chi connectivity index (χ1) is 9.15. The highest BCUT2D eigenvalue weighted by molar-refractivity contribution is 6.06. The first-order valence-electron chi connectivity index (χ1n) is 6.40. The van der Waals surface area contributed by atoms with E-state index in [-0.39, 0.29) is 18.2 Å². The molecule has 1 aliphatic rings. The highest BCUT2D eigenvalue weighted by atomic mass is 16.5. The van der Waals surface area contributed by atoms with Gasteiger partial charge in [-0.25, -0.2) is 0 Å². The Balaban J connectivity index is 2.07. The minimum atomic E-state index is -0.467. The molecule has 1 N–H and O–H groups in total. The first-order valence-corrected chi connectivity index (χ1v) is 6.40. The molecule has 102 valence electrons. The quantitative estimate of drug-likeness (QED) is 0.820. The molecule has 5 nitrogen and oxygen atoms in total. The molecule has 19 heavy (non-hydrogen) atoms. The van der Waals surface area contributed by atoms with Gasteiger partial charge in [0.15, 0.2) is 0 Å². The van der Waals surface area contributed by atoms with Crippen molar-refractivity contribution in [2.24, 2.45) is 0 Å². The van der Waals surface area contributed by atoms with E-state index in [2.05, 4.69) is 5.32 Å². The van der Waals surface area contributed by atoms with Gasteiger partial charge in [0.1, 0.15) is 11.8 Å². The highest BCUT2D eigenvalue weighted by Gasteiger charge is 2.37. The van der Waals surface area contributed by atoms with Gasteiger partial charge in [-0.15, -0.1) is 0 Å². The third-order valence-corrected chi connectivity index (χ3v) is 3.10. The van der Waals surface area contributed by atoms with E-state index in [1.807, 2.05) is 25.1 Å². The normalized spacial score (nSPS) is 18.8. The second-order valence-corrected chi connectivity index (χ2v) is 4.52. The number of amides is 2. The SMILES string of the molecule is CCCN1C(=O)CC(Nc2cccc(OC)c2)C1=O. The minimum absolute atomic E-state index is 0.104. The summed E-state index contributed by atoms with van der Waals surface area (Å²) in [6.07, 6.45) is 0.999. The molecule has 0 bridgehead atoms. The van der Waals surface area contributed by atoms with Crippen molar-refractivity contribution in [2.45, 2.75) is 25.8 Å². The Hall–Kier alpha value is -2.04. The Morgan fingerprint density at radius 2 is 2.21 bits per heavy atom. The molecule has 1 fully saturated rings. The number of nitrogens with zero attached hydrogens (tertiary/aromatic N) is 1. The van der Waals surface area contributed by atoms with Gasteiger partial charge in [-0.3, -0.25) is 14.5 Å². The largest absolute Gasteiger partial charge is 0.497 e. The lowest BCUT2D eigenvalue weighted by molar-refractivity contribution is -0.138. The second kappa shape index (κ2) is 5.73. The smallest absolute Gasteiger partial charge is 0.252 e. The maximum Gasteiger partial charge on any atom is 0.252 e. The molecule has 0 aliphatic carbocycles. The maximum absolute atomic E-state index is 12.1. The van der Waals surface area contributed by atoms with Crippen molar-refractivity contribution in [3.8, 4) is 5.75 Å². The fourth-order valence-electron chi connectivity index (χ4n) is 2.17. The number of nitrogens with one attached hydrogen (secondary N) is 1. The van der Waals surface area contributed by atoms with E-state index < -0.39 is 6.04 Å². The van der Waals surface area contributed by atoms with Crippen molar-refractivity contribution in [3.63, 3.8) is 0 Å². The Labute approximate surface area is 112 Å². The van der Waals surface area contributed by atoms with Gasteiger partial charge >= 0.3 is 0 Å². The summed E-state index contributed by atoms with van der Waals surface area (Å²) in [6, 6.07) is 6.86. The van der Waals surface area contributed by atoms with Crippen molar-refractivity contribution in [2.75, 3.05) is 19.0 Å². The minimum Gasteiger partial charge on any atom is -0.497 e. The zero-order valence-corrected chi connectivity index (χ0v) is 11.2. The molecule has 2 rings (SSSR count). The van der Waals surface area contributed by atoms with E-state index in [4.69, 9.17) is 4.74 Å². The van der Waals surface area contributed by atoms with Crippen LogP contribution in [0.1, 0.15) is 19.8 Å². The molecule has 0 radical (unpaired) electrons. The van der Waals surface area contributed by atoms with Crippen LogP contribution in [0.3, 0.4) is 0 Å². The molecule has 1 unspecified atom stereocenters. The number of benzene rings is 1. The third-order valence-electron chi connectivity index (χ3n) is 3.10. The van der Waals surface area contributed by atoms with Crippen LogP contribution in [0.15, 0.2) is 24.3 Å². The van der Waals surface area contributed by atoms with Gasteiger partial charge in [0.25, 0.3) is 5.91 Å². The summed E-state index contributed by atoms with van der Waals surface area (Å²) in [4.78, 5) is 25.1. The van der Waals surface area contributed by atoms with Crippen molar-refractivity contribution in [3.05, 3.63) is 24.3 Å². The first kappa shape index (κ1) is 13.4.